The number of hydrogen-bond acceptors (Lipinski definition) is 7. The Morgan fingerprint density at radius 2 is 1.85 bits per heavy atom. The molecule has 0 atom stereocenters. The third-order valence-corrected chi connectivity index (χ3v) is 7.34. The Balaban J connectivity index is 1.53. The Morgan fingerprint density at radius 3 is 2.53 bits per heavy atom. The van der Waals surface area contributed by atoms with E-state index in [1.54, 1.807) is 26.4 Å². The monoisotopic (exact) mass is 482 g/mol. The number of carbonyl (C=O) groups excluding carboxylic acids is 2. The summed E-state index contributed by atoms with van der Waals surface area (Å²) in [5.74, 6) is 0.622. The molecular formula is C25H30N4O4S. The van der Waals surface area contributed by atoms with Gasteiger partial charge in [0, 0.05) is 24.4 Å². The summed E-state index contributed by atoms with van der Waals surface area (Å²) < 4.78 is 10.6. The number of rotatable bonds is 7. The molecule has 1 fully saturated rings. The van der Waals surface area contributed by atoms with Gasteiger partial charge in [-0.05, 0) is 56.0 Å². The first kappa shape index (κ1) is 24.1. The Morgan fingerprint density at radius 1 is 1.09 bits per heavy atom. The van der Waals surface area contributed by atoms with Crippen molar-refractivity contribution >= 4 is 39.1 Å². The average Bonchev–Trinajstić information content (AvgIpc) is 3.17. The van der Waals surface area contributed by atoms with Gasteiger partial charge in [-0.1, -0.05) is 19.3 Å². The fraction of sp³-hybridized carbons (Fsp3) is 0.440. The minimum absolute atomic E-state index is 0.0641. The van der Waals surface area contributed by atoms with Gasteiger partial charge in [0.1, 0.15) is 11.4 Å². The van der Waals surface area contributed by atoms with Crippen LogP contribution in [-0.2, 0) is 11.3 Å². The highest BCUT2D eigenvalue weighted by Crippen LogP contribution is 2.35. The second-order valence-electron chi connectivity index (χ2n) is 8.61. The number of aryl methyl sites for hydroxylation is 2. The molecule has 9 heteroatoms. The van der Waals surface area contributed by atoms with Crippen molar-refractivity contribution in [2.24, 2.45) is 0 Å². The number of nitrogens with one attached hydrogen (secondary N) is 2. The lowest BCUT2D eigenvalue weighted by Gasteiger charge is -2.23. The maximum absolute atomic E-state index is 13.2. The first-order valence-electron chi connectivity index (χ1n) is 11.5. The quantitative estimate of drug-likeness (QED) is 0.503. The first-order valence-corrected chi connectivity index (χ1v) is 12.3. The summed E-state index contributed by atoms with van der Waals surface area (Å²) in [7, 11) is 3.12. The molecule has 2 amide bonds. The van der Waals surface area contributed by atoms with Crippen LogP contribution in [0.25, 0.3) is 10.2 Å². The Labute approximate surface area is 203 Å². The smallest absolute Gasteiger partial charge is 0.266 e. The number of methoxy groups -OCH3 is 2. The Bertz CT molecular complexity index is 1220. The van der Waals surface area contributed by atoms with Crippen LogP contribution in [0.5, 0.6) is 5.88 Å². The number of nitrogens with zero attached hydrogens (tertiary/aromatic N) is 2. The summed E-state index contributed by atoms with van der Waals surface area (Å²) in [4.78, 5) is 35.9. The second-order valence-corrected chi connectivity index (χ2v) is 9.61. The first-order chi connectivity index (χ1) is 16.4. The van der Waals surface area contributed by atoms with E-state index in [0.29, 0.717) is 32.7 Å². The number of fused-ring (bicyclic) bond motifs is 1. The van der Waals surface area contributed by atoms with Crippen molar-refractivity contribution in [2.75, 3.05) is 19.5 Å². The molecule has 1 saturated carbocycles. The van der Waals surface area contributed by atoms with E-state index in [1.807, 2.05) is 19.9 Å². The molecule has 0 bridgehead atoms. The van der Waals surface area contributed by atoms with E-state index in [1.165, 1.54) is 17.8 Å². The molecule has 0 spiro atoms. The maximum atomic E-state index is 13.2. The van der Waals surface area contributed by atoms with Crippen LogP contribution < -0.4 is 15.4 Å². The van der Waals surface area contributed by atoms with Crippen molar-refractivity contribution in [1.82, 2.24) is 15.3 Å². The minimum Gasteiger partial charge on any atom is -0.480 e. The summed E-state index contributed by atoms with van der Waals surface area (Å²) in [6.07, 6.45) is 5.65. The van der Waals surface area contributed by atoms with E-state index in [-0.39, 0.29) is 24.5 Å². The molecule has 4 rings (SSSR count). The van der Waals surface area contributed by atoms with Gasteiger partial charge in [0.2, 0.25) is 5.88 Å². The molecule has 1 aromatic carbocycles. The molecule has 0 saturated heterocycles. The summed E-state index contributed by atoms with van der Waals surface area (Å²) >= 11 is 1.29. The molecular weight excluding hydrogens is 452 g/mol. The van der Waals surface area contributed by atoms with E-state index in [0.717, 1.165) is 42.2 Å². The number of benzene rings is 1. The van der Waals surface area contributed by atoms with Crippen LogP contribution in [0, 0.1) is 13.8 Å². The van der Waals surface area contributed by atoms with Gasteiger partial charge in [0.05, 0.1) is 17.4 Å². The fourth-order valence-electron chi connectivity index (χ4n) is 4.34. The number of ether oxygens (including phenoxy) is 2. The van der Waals surface area contributed by atoms with Crippen LogP contribution in [0.15, 0.2) is 18.2 Å². The Kier molecular flexibility index (Phi) is 7.43. The van der Waals surface area contributed by atoms with Gasteiger partial charge in [0.15, 0.2) is 5.82 Å². The third kappa shape index (κ3) is 5.05. The highest BCUT2D eigenvalue weighted by Gasteiger charge is 2.22. The number of amides is 2. The van der Waals surface area contributed by atoms with Crippen LogP contribution in [0.4, 0.5) is 5.69 Å². The van der Waals surface area contributed by atoms with Gasteiger partial charge in [-0.15, -0.1) is 11.3 Å². The minimum atomic E-state index is -0.238. The van der Waals surface area contributed by atoms with Crippen LogP contribution >= 0.6 is 11.3 Å². The van der Waals surface area contributed by atoms with Crippen LogP contribution in [0.3, 0.4) is 0 Å². The standard InChI is InChI=1S/C25H30N4O4S/c1-14-12-16(22(30)26-17-8-6-5-7-9-17)10-11-18(14)27-23(31)21-15(2)20-24(33-4)28-19(13-32-3)29-25(20)34-21/h10-12,17H,5-9,13H2,1-4H3,(H,26,30)(H,27,31). The average molecular weight is 483 g/mol. The van der Waals surface area contributed by atoms with Gasteiger partial charge in [-0.25, -0.2) is 4.98 Å². The van der Waals surface area contributed by atoms with E-state index in [9.17, 15) is 9.59 Å². The summed E-state index contributed by atoms with van der Waals surface area (Å²) in [6, 6.07) is 5.60. The number of aromatic nitrogens is 2. The summed E-state index contributed by atoms with van der Waals surface area (Å²) in [5.41, 5.74) is 2.85. The van der Waals surface area contributed by atoms with E-state index < -0.39 is 0 Å². The topological polar surface area (TPSA) is 102 Å². The lowest BCUT2D eigenvalue weighted by Crippen LogP contribution is -2.36. The zero-order valence-corrected chi connectivity index (χ0v) is 20.8. The highest BCUT2D eigenvalue weighted by atomic mass is 32.1. The molecule has 3 aromatic rings. The molecule has 2 aromatic heterocycles. The van der Waals surface area contributed by atoms with Crippen molar-refractivity contribution < 1.29 is 19.1 Å². The van der Waals surface area contributed by atoms with Crippen LogP contribution in [0.1, 0.15) is 69.1 Å². The molecule has 0 radical (unpaired) electrons. The van der Waals surface area contributed by atoms with E-state index >= 15 is 0 Å². The molecule has 1 aliphatic rings. The van der Waals surface area contributed by atoms with Gasteiger partial charge >= 0.3 is 0 Å². The zero-order valence-electron chi connectivity index (χ0n) is 20.0. The molecule has 8 nitrogen and oxygen atoms in total. The predicted octanol–water partition coefficient (Wildman–Crippen LogP) is 4.78. The van der Waals surface area contributed by atoms with Crippen molar-refractivity contribution in [2.45, 2.75) is 58.6 Å². The Hall–Kier alpha value is -3.04. The van der Waals surface area contributed by atoms with Crippen LogP contribution in [-0.4, -0.2) is 42.0 Å². The lowest BCUT2D eigenvalue weighted by atomic mass is 9.95. The van der Waals surface area contributed by atoms with Crippen molar-refractivity contribution in [3.63, 3.8) is 0 Å². The molecule has 1 aliphatic carbocycles. The normalized spacial score (nSPS) is 14.2. The fourth-order valence-corrected chi connectivity index (χ4v) is 5.43. The van der Waals surface area contributed by atoms with E-state index in [2.05, 4.69) is 20.6 Å². The molecule has 0 unspecified atom stereocenters. The third-order valence-electron chi connectivity index (χ3n) is 6.15. The van der Waals surface area contributed by atoms with Gasteiger partial charge in [0.25, 0.3) is 11.8 Å². The molecule has 2 N–H and O–H groups in total. The SMILES string of the molecule is COCc1nc(OC)c2c(C)c(C(=O)Nc3ccc(C(=O)NC4CCCCC4)cc3C)sc2n1. The largest absolute Gasteiger partial charge is 0.480 e. The van der Waals surface area contributed by atoms with Gasteiger partial charge in [-0.2, -0.15) is 4.98 Å². The van der Waals surface area contributed by atoms with Crippen LogP contribution in [0.2, 0.25) is 0 Å². The number of anilines is 1. The zero-order chi connectivity index (χ0) is 24.2. The molecule has 0 aliphatic heterocycles. The highest BCUT2D eigenvalue weighted by molar-refractivity contribution is 7.20. The predicted molar refractivity (Wildman–Crippen MR) is 133 cm³/mol. The number of carbonyl (C=O) groups is 2. The molecule has 34 heavy (non-hydrogen) atoms. The molecule has 2 heterocycles. The second kappa shape index (κ2) is 10.5. The number of hydrogen-bond donors (Lipinski definition) is 2. The number of thiophene rings is 1. The van der Waals surface area contributed by atoms with Gasteiger partial charge < -0.3 is 20.1 Å². The lowest BCUT2D eigenvalue weighted by molar-refractivity contribution is 0.0927. The maximum Gasteiger partial charge on any atom is 0.266 e. The summed E-state index contributed by atoms with van der Waals surface area (Å²) in [6.45, 7) is 4.00. The van der Waals surface area contributed by atoms with Crippen molar-refractivity contribution in [1.29, 1.82) is 0 Å². The van der Waals surface area contributed by atoms with Gasteiger partial charge in [-0.3, -0.25) is 9.59 Å². The van der Waals surface area contributed by atoms with E-state index in [4.69, 9.17) is 9.47 Å². The van der Waals surface area contributed by atoms with Crippen molar-refractivity contribution in [3.05, 3.63) is 45.6 Å². The molecule has 180 valence electrons. The summed E-state index contributed by atoms with van der Waals surface area (Å²) in [5, 5.41) is 6.84. The van der Waals surface area contributed by atoms with Crippen molar-refractivity contribution in [3.8, 4) is 5.88 Å².